The molecule has 3 atom stereocenters. The molecule has 3 aromatic rings. The number of hydrogen-bond acceptors (Lipinski definition) is 1. The summed E-state index contributed by atoms with van der Waals surface area (Å²) >= 11 is 0. The first-order valence-electron chi connectivity index (χ1n) is 10.7. The van der Waals surface area contributed by atoms with Gasteiger partial charge in [0.2, 0.25) is 5.91 Å². The van der Waals surface area contributed by atoms with Gasteiger partial charge in [-0.3, -0.25) is 4.79 Å². The van der Waals surface area contributed by atoms with E-state index in [4.69, 9.17) is 0 Å². The molecule has 3 unspecified atom stereocenters. The summed E-state index contributed by atoms with van der Waals surface area (Å²) in [5.41, 5.74) is 5.31. The number of carbonyl (C=O) groups is 1. The fourth-order valence-corrected chi connectivity index (χ4v) is 5.83. The molecule has 0 saturated heterocycles. The van der Waals surface area contributed by atoms with Crippen LogP contribution in [0.3, 0.4) is 0 Å². The van der Waals surface area contributed by atoms with Gasteiger partial charge in [0.15, 0.2) is 0 Å². The molecule has 29 heavy (non-hydrogen) atoms. The first kappa shape index (κ1) is 18.2. The van der Waals surface area contributed by atoms with Crippen molar-refractivity contribution in [2.45, 2.75) is 44.9 Å². The van der Waals surface area contributed by atoms with Gasteiger partial charge in [-0.15, -0.1) is 0 Å². The highest BCUT2D eigenvalue weighted by Gasteiger charge is 2.58. The van der Waals surface area contributed by atoms with E-state index in [1.165, 1.54) is 16.5 Å². The summed E-state index contributed by atoms with van der Waals surface area (Å²) in [6, 6.07) is 16.7. The Labute approximate surface area is 172 Å². The molecule has 3 nitrogen and oxygen atoms in total. The molecule has 2 heterocycles. The topological polar surface area (TPSA) is 44.9 Å². The number of fused-ring (bicyclic) bond motifs is 3. The number of amides is 1. The fourth-order valence-electron chi connectivity index (χ4n) is 5.83. The maximum atomic E-state index is 13.8. The van der Waals surface area contributed by atoms with Crippen LogP contribution in [0.1, 0.15) is 50.7 Å². The van der Waals surface area contributed by atoms with E-state index in [1.54, 1.807) is 0 Å². The highest BCUT2D eigenvalue weighted by molar-refractivity contribution is 6.08. The molecule has 2 N–H and O–H groups in total. The molecule has 1 amide bonds. The molecule has 2 aliphatic rings. The molecule has 3 heteroatoms. The summed E-state index contributed by atoms with van der Waals surface area (Å²) in [6.45, 7) is 6.75. The minimum Gasteiger partial charge on any atom is -0.361 e. The van der Waals surface area contributed by atoms with Crippen LogP contribution in [-0.4, -0.2) is 10.9 Å². The summed E-state index contributed by atoms with van der Waals surface area (Å²) < 4.78 is 0. The van der Waals surface area contributed by atoms with Crippen molar-refractivity contribution in [2.24, 2.45) is 11.8 Å². The van der Waals surface area contributed by atoms with Crippen molar-refractivity contribution in [3.8, 4) is 0 Å². The van der Waals surface area contributed by atoms with Gasteiger partial charge < -0.3 is 10.3 Å². The Hall–Kier alpha value is -2.81. The molecule has 0 fully saturated rings. The van der Waals surface area contributed by atoms with E-state index in [0.717, 1.165) is 29.6 Å². The van der Waals surface area contributed by atoms with E-state index in [0.29, 0.717) is 5.92 Å². The lowest BCUT2D eigenvalue weighted by Crippen LogP contribution is -2.48. The lowest BCUT2D eigenvalue weighted by atomic mass is 9.55. The standard InChI is InChI=1S/C26H28N2O/c1-16(2)12-18-13-17(3)14-22(20-15-27-23-10-6-4-8-19(20)23)26(18)21-9-5-7-11-24(21)28-25(26)29/h4-11,14-16,18,22,27H,12-13H2,1-3H3,(H,28,29). The largest absolute Gasteiger partial charge is 0.361 e. The van der Waals surface area contributed by atoms with Crippen LogP contribution in [0.15, 0.2) is 66.4 Å². The number of carbonyl (C=O) groups excluding carboxylic acids is 1. The molecule has 1 aliphatic heterocycles. The Bertz CT molecular complexity index is 1120. The van der Waals surface area contributed by atoms with E-state index in [1.807, 2.05) is 12.1 Å². The van der Waals surface area contributed by atoms with Gasteiger partial charge in [0.1, 0.15) is 0 Å². The van der Waals surface area contributed by atoms with Crippen LogP contribution >= 0.6 is 0 Å². The minimum atomic E-state index is -0.564. The number of aromatic amines is 1. The van der Waals surface area contributed by atoms with Gasteiger partial charge in [-0.05, 0) is 54.9 Å². The fraction of sp³-hybridized carbons (Fsp3) is 0.346. The van der Waals surface area contributed by atoms with Gasteiger partial charge in [-0.1, -0.05) is 61.9 Å². The summed E-state index contributed by atoms with van der Waals surface area (Å²) in [6.07, 6.45) is 6.48. The third-order valence-corrected chi connectivity index (χ3v) is 6.86. The van der Waals surface area contributed by atoms with Crippen molar-refractivity contribution in [1.82, 2.24) is 4.98 Å². The minimum absolute atomic E-state index is 0.0137. The van der Waals surface area contributed by atoms with Crippen LogP contribution in [0, 0.1) is 11.8 Å². The van der Waals surface area contributed by atoms with Crippen LogP contribution in [-0.2, 0) is 10.2 Å². The second kappa shape index (κ2) is 6.62. The predicted octanol–water partition coefficient (Wildman–Crippen LogP) is 6.15. The maximum Gasteiger partial charge on any atom is 0.236 e. The molecular weight excluding hydrogens is 356 g/mol. The molecule has 5 rings (SSSR count). The second-order valence-corrected chi connectivity index (χ2v) is 9.18. The summed E-state index contributed by atoms with van der Waals surface area (Å²) in [7, 11) is 0. The van der Waals surface area contributed by atoms with Gasteiger partial charge in [0.25, 0.3) is 0 Å². The Morgan fingerprint density at radius 2 is 1.86 bits per heavy atom. The number of nitrogens with one attached hydrogen (secondary N) is 2. The smallest absolute Gasteiger partial charge is 0.236 e. The normalized spacial score (nSPS) is 26.1. The quantitative estimate of drug-likeness (QED) is 0.522. The SMILES string of the molecule is CC1=CC(c2c[nH]c3ccccc23)C2(C(=O)Nc3ccccc32)C(CC(C)C)C1. The Kier molecular flexibility index (Phi) is 4.16. The van der Waals surface area contributed by atoms with E-state index in [-0.39, 0.29) is 17.7 Å². The van der Waals surface area contributed by atoms with Crippen molar-refractivity contribution < 1.29 is 4.79 Å². The lowest BCUT2D eigenvalue weighted by Gasteiger charge is -2.45. The zero-order valence-electron chi connectivity index (χ0n) is 17.3. The molecule has 2 aromatic carbocycles. The van der Waals surface area contributed by atoms with Gasteiger partial charge in [0.05, 0.1) is 5.41 Å². The summed E-state index contributed by atoms with van der Waals surface area (Å²) in [5, 5.41) is 4.45. The van der Waals surface area contributed by atoms with Crippen LogP contribution in [0.25, 0.3) is 10.9 Å². The van der Waals surface area contributed by atoms with E-state index in [2.05, 4.69) is 79.7 Å². The van der Waals surface area contributed by atoms with Gasteiger partial charge in [-0.25, -0.2) is 0 Å². The van der Waals surface area contributed by atoms with E-state index >= 15 is 0 Å². The Morgan fingerprint density at radius 1 is 1.10 bits per heavy atom. The van der Waals surface area contributed by atoms with E-state index < -0.39 is 5.41 Å². The molecule has 148 valence electrons. The van der Waals surface area contributed by atoms with Crippen LogP contribution in [0.2, 0.25) is 0 Å². The summed E-state index contributed by atoms with van der Waals surface area (Å²) in [4.78, 5) is 17.2. The molecule has 0 bridgehead atoms. The van der Waals surface area contributed by atoms with Gasteiger partial charge in [-0.2, -0.15) is 0 Å². The zero-order valence-corrected chi connectivity index (χ0v) is 17.3. The highest BCUT2D eigenvalue weighted by Crippen LogP contribution is 2.58. The molecule has 0 radical (unpaired) electrons. The zero-order chi connectivity index (χ0) is 20.2. The van der Waals surface area contributed by atoms with Crippen molar-refractivity contribution in [1.29, 1.82) is 0 Å². The maximum absolute atomic E-state index is 13.8. The highest BCUT2D eigenvalue weighted by atomic mass is 16.2. The first-order chi connectivity index (χ1) is 14.0. The van der Waals surface area contributed by atoms with E-state index in [9.17, 15) is 4.79 Å². The average molecular weight is 385 g/mol. The Balaban J connectivity index is 1.80. The van der Waals surface area contributed by atoms with Crippen molar-refractivity contribution >= 4 is 22.5 Å². The average Bonchev–Trinajstić information content (AvgIpc) is 3.24. The number of para-hydroxylation sites is 2. The Morgan fingerprint density at radius 3 is 2.69 bits per heavy atom. The number of H-pyrrole nitrogens is 1. The third kappa shape index (κ3) is 2.60. The molecule has 0 saturated carbocycles. The van der Waals surface area contributed by atoms with Gasteiger partial charge in [0, 0.05) is 28.7 Å². The first-order valence-corrected chi connectivity index (χ1v) is 10.7. The van der Waals surface area contributed by atoms with Crippen LogP contribution in [0.4, 0.5) is 5.69 Å². The lowest BCUT2D eigenvalue weighted by molar-refractivity contribution is -0.123. The van der Waals surface area contributed by atoms with Crippen molar-refractivity contribution in [3.63, 3.8) is 0 Å². The summed E-state index contributed by atoms with van der Waals surface area (Å²) in [5.74, 6) is 0.977. The number of aromatic nitrogens is 1. The van der Waals surface area contributed by atoms with Crippen LogP contribution in [0.5, 0.6) is 0 Å². The number of allylic oxidation sites excluding steroid dienone is 2. The number of rotatable bonds is 3. The van der Waals surface area contributed by atoms with Crippen molar-refractivity contribution in [2.75, 3.05) is 5.32 Å². The molecule has 1 aromatic heterocycles. The van der Waals surface area contributed by atoms with Crippen LogP contribution < -0.4 is 5.32 Å². The monoisotopic (exact) mass is 384 g/mol. The number of anilines is 1. The number of hydrogen-bond donors (Lipinski definition) is 2. The molecule has 1 aliphatic carbocycles. The van der Waals surface area contributed by atoms with Gasteiger partial charge >= 0.3 is 0 Å². The predicted molar refractivity (Wildman–Crippen MR) is 119 cm³/mol. The molecule has 1 spiro atoms. The third-order valence-electron chi connectivity index (χ3n) is 6.86. The molecular formula is C26H28N2O. The second-order valence-electron chi connectivity index (χ2n) is 9.18. The van der Waals surface area contributed by atoms with Crippen molar-refractivity contribution in [3.05, 3.63) is 77.5 Å². The number of benzene rings is 2.